The Bertz CT molecular complexity index is 410. The van der Waals surface area contributed by atoms with Gasteiger partial charge in [-0.1, -0.05) is 0 Å². The van der Waals surface area contributed by atoms with Crippen molar-refractivity contribution in [2.24, 2.45) is 5.92 Å². The van der Waals surface area contributed by atoms with Crippen molar-refractivity contribution in [1.29, 1.82) is 0 Å². The molecule has 2 heterocycles. The average Bonchev–Trinajstić information content (AvgIpc) is 2.73. The molecule has 2 rings (SSSR count). The van der Waals surface area contributed by atoms with Crippen molar-refractivity contribution in [3.8, 4) is 0 Å². The Balaban J connectivity index is 1.90. The van der Waals surface area contributed by atoms with Gasteiger partial charge in [-0.15, -0.1) is 0 Å². The first-order chi connectivity index (χ1) is 8.15. The highest BCUT2D eigenvalue weighted by Gasteiger charge is 2.19. The summed E-state index contributed by atoms with van der Waals surface area (Å²) in [6.45, 7) is 3.01. The number of aromatic nitrogens is 1. The van der Waals surface area contributed by atoms with Crippen LogP contribution in [0, 0.1) is 16.0 Å². The second-order valence-corrected chi connectivity index (χ2v) is 4.45. The Morgan fingerprint density at radius 2 is 2.53 bits per heavy atom. The molecular formula is C11H16N4O2. The van der Waals surface area contributed by atoms with Gasteiger partial charge >= 0.3 is 0 Å². The van der Waals surface area contributed by atoms with E-state index in [1.54, 1.807) is 0 Å². The minimum Gasteiger partial charge on any atom is -0.370 e. The monoisotopic (exact) mass is 236 g/mol. The predicted molar refractivity (Wildman–Crippen MR) is 65.0 cm³/mol. The Hall–Kier alpha value is -1.69. The predicted octanol–water partition coefficient (Wildman–Crippen LogP) is 1.35. The molecule has 92 valence electrons. The first-order valence-corrected chi connectivity index (χ1v) is 5.68. The van der Waals surface area contributed by atoms with Crippen LogP contribution in [0.5, 0.6) is 0 Å². The van der Waals surface area contributed by atoms with Gasteiger partial charge < -0.3 is 10.2 Å². The molecule has 0 spiro atoms. The van der Waals surface area contributed by atoms with Gasteiger partial charge in [0, 0.05) is 25.4 Å². The molecule has 1 unspecified atom stereocenters. The highest BCUT2D eigenvalue weighted by atomic mass is 16.6. The number of hydrogen-bond donors (Lipinski definition) is 1. The second kappa shape index (κ2) is 5.09. The molecule has 0 radical (unpaired) electrons. The zero-order valence-corrected chi connectivity index (χ0v) is 9.80. The van der Waals surface area contributed by atoms with E-state index in [0.717, 1.165) is 19.6 Å². The summed E-state index contributed by atoms with van der Waals surface area (Å²) in [7, 11) is 2.10. The minimum absolute atomic E-state index is 0.0750. The molecule has 6 heteroatoms. The van der Waals surface area contributed by atoms with E-state index < -0.39 is 4.92 Å². The molecule has 1 aliphatic rings. The fraction of sp³-hybridized carbons (Fsp3) is 0.545. The van der Waals surface area contributed by atoms with Crippen LogP contribution in [0.3, 0.4) is 0 Å². The fourth-order valence-corrected chi connectivity index (χ4v) is 2.07. The highest BCUT2D eigenvalue weighted by molar-refractivity contribution is 5.44. The number of rotatable bonds is 4. The van der Waals surface area contributed by atoms with Crippen LogP contribution in [0.2, 0.25) is 0 Å². The standard InChI is InChI=1S/C11H16N4O2/c1-14-5-3-9(8-14)7-13-11-6-10(15(16)17)2-4-12-11/h2,4,6,9H,3,5,7-8H2,1H3,(H,12,13). The number of likely N-dealkylation sites (tertiary alicyclic amines) is 1. The lowest BCUT2D eigenvalue weighted by atomic mass is 10.1. The van der Waals surface area contributed by atoms with Crippen LogP contribution in [-0.4, -0.2) is 41.5 Å². The van der Waals surface area contributed by atoms with Crippen molar-refractivity contribution < 1.29 is 4.92 Å². The van der Waals surface area contributed by atoms with Crippen LogP contribution >= 0.6 is 0 Å². The van der Waals surface area contributed by atoms with Crippen LogP contribution in [0.25, 0.3) is 0 Å². The minimum atomic E-state index is -0.407. The maximum atomic E-state index is 10.6. The summed E-state index contributed by atoms with van der Waals surface area (Å²) in [5.74, 6) is 1.18. The van der Waals surface area contributed by atoms with Crippen molar-refractivity contribution in [3.05, 3.63) is 28.4 Å². The van der Waals surface area contributed by atoms with Gasteiger partial charge in [-0.3, -0.25) is 10.1 Å². The maximum absolute atomic E-state index is 10.6. The Morgan fingerprint density at radius 3 is 3.18 bits per heavy atom. The van der Waals surface area contributed by atoms with E-state index in [1.165, 1.54) is 24.8 Å². The van der Waals surface area contributed by atoms with Crippen LogP contribution in [0.4, 0.5) is 11.5 Å². The Labute approximate surface area is 99.8 Å². The van der Waals surface area contributed by atoms with E-state index in [-0.39, 0.29) is 5.69 Å². The number of hydrogen-bond acceptors (Lipinski definition) is 5. The lowest BCUT2D eigenvalue weighted by Crippen LogP contribution is -2.19. The largest absolute Gasteiger partial charge is 0.370 e. The molecule has 0 aliphatic carbocycles. The molecular weight excluding hydrogens is 220 g/mol. The quantitative estimate of drug-likeness (QED) is 0.631. The van der Waals surface area contributed by atoms with Crippen molar-refractivity contribution in [2.45, 2.75) is 6.42 Å². The summed E-state index contributed by atoms with van der Waals surface area (Å²) in [4.78, 5) is 16.6. The molecule has 1 fully saturated rings. The van der Waals surface area contributed by atoms with Crippen LogP contribution in [-0.2, 0) is 0 Å². The van der Waals surface area contributed by atoms with Gasteiger partial charge in [-0.25, -0.2) is 4.98 Å². The summed E-state index contributed by atoms with van der Waals surface area (Å²) in [6, 6.07) is 2.87. The van der Waals surface area contributed by atoms with E-state index in [9.17, 15) is 10.1 Å². The van der Waals surface area contributed by atoms with Gasteiger partial charge in [-0.05, 0) is 25.9 Å². The van der Waals surface area contributed by atoms with Gasteiger partial charge in [0.1, 0.15) is 5.82 Å². The van der Waals surface area contributed by atoms with Gasteiger partial charge in [-0.2, -0.15) is 0 Å². The fourth-order valence-electron chi connectivity index (χ4n) is 2.07. The van der Waals surface area contributed by atoms with Crippen molar-refractivity contribution in [1.82, 2.24) is 9.88 Å². The number of nitrogens with one attached hydrogen (secondary N) is 1. The summed E-state index contributed by atoms with van der Waals surface area (Å²) in [6.07, 6.45) is 2.62. The molecule has 1 atom stereocenters. The lowest BCUT2D eigenvalue weighted by molar-refractivity contribution is -0.384. The molecule has 1 N–H and O–H groups in total. The maximum Gasteiger partial charge on any atom is 0.274 e. The molecule has 1 aromatic rings. The van der Waals surface area contributed by atoms with E-state index in [4.69, 9.17) is 0 Å². The molecule has 1 aromatic heterocycles. The summed E-state index contributed by atoms with van der Waals surface area (Å²) in [5.41, 5.74) is 0.0750. The zero-order valence-electron chi connectivity index (χ0n) is 9.80. The molecule has 1 aliphatic heterocycles. The van der Waals surface area contributed by atoms with E-state index in [0.29, 0.717) is 11.7 Å². The molecule has 0 aromatic carbocycles. The van der Waals surface area contributed by atoms with Gasteiger partial charge in [0.25, 0.3) is 5.69 Å². The van der Waals surface area contributed by atoms with Crippen LogP contribution in [0.15, 0.2) is 18.3 Å². The molecule has 0 saturated carbocycles. The van der Waals surface area contributed by atoms with E-state index in [1.807, 2.05) is 0 Å². The third-order valence-electron chi connectivity index (χ3n) is 3.02. The molecule has 0 bridgehead atoms. The van der Waals surface area contributed by atoms with Crippen molar-refractivity contribution in [2.75, 3.05) is 32.0 Å². The summed E-state index contributed by atoms with van der Waals surface area (Å²) < 4.78 is 0. The Morgan fingerprint density at radius 1 is 1.71 bits per heavy atom. The lowest BCUT2D eigenvalue weighted by Gasteiger charge is -2.11. The average molecular weight is 236 g/mol. The second-order valence-electron chi connectivity index (χ2n) is 4.45. The number of nitro groups is 1. The number of pyridine rings is 1. The highest BCUT2D eigenvalue weighted by Crippen LogP contribution is 2.17. The van der Waals surface area contributed by atoms with Gasteiger partial charge in [0.05, 0.1) is 11.0 Å². The topological polar surface area (TPSA) is 71.3 Å². The first kappa shape index (κ1) is 11.8. The third kappa shape index (κ3) is 3.13. The Kier molecular flexibility index (Phi) is 3.53. The van der Waals surface area contributed by atoms with Crippen LogP contribution < -0.4 is 5.32 Å². The SMILES string of the molecule is CN1CCC(CNc2cc([N+](=O)[O-])ccn2)C1. The van der Waals surface area contributed by atoms with Crippen LogP contribution in [0.1, 0.15) is 6.42 Å². The first-order valence-electron chi connectivity index (χ1n) is 5.68. The summed E-state index contributed by atoms with van der Waals surface area (Å²) >= 11 is 0. The molecule has 6 nitrogen and oxygen atoms in total. The van der Waals surface area contributed by atoms with Crippen molar-refractivity contribution in [3.63, 3.8) is 0 Å². The molecule has 0 amide bonds. The zero-order chi connectivity index (χ0) is 12.3. The molecule has 17 heavy (non-hydrogen) atoms. The third-order valence-corrected chi connectivity index (χ3v) is 3.02. The summed E-state index contributed by atoms with van der Waals surface area (Å²) in [5, 5.41) is 13.8. The normalized spacial score (nSPS) is 20.4. The van der Waals surface area contributed by atoms with E-state index >= 15 is 0 Å². The smallest absolute Gasteiger partial charge is 0.274 e. The van der Waals surface area contributed by atoms with Gasteiger partial charge in [0.2, 0.25) is 0 Å². The number of nitrogens with zero attached hydrogens (tertiary/aromatic N) is 3. The number of anilines is 1. The van der Waals surface area contributed by atoms with E-state index in [2.05, 4.69) is 22.2 Å². The van der Waals surface area contributed by atoms with Crippen molar-refractivity contribution >= 4 is 11.5 Å². The van der Waals surface area contributed by atoms with Gasteiger partial charge in [0.15, 0.2) is 0 Å². The molecule has 1 saturated heterocycles.